The Morgan fingerprint density at radius 2 is 2.12 bits per heavy atom. The second-order valence-electron chi connectivity index (χ2n) is 4.97. The Morgan fingerprint density at radius 1 is 1.41 bits per heavy atom. The Bertz CT molecular complexity index is 442. The smallest absolute Gasteiger partial charge is 0.137 e. The van der Waals surface area contributed by atoms with Gasteiger partial charge in [-0.25, -0.2) is 0 Å². The number of aryl methyl sites for hydroxylation is 1. The number of rotatable bonds is 3. The predicted molar refractivity (Wildman–Crippen MR) is 66.8 cm³/mol. The Hall–Kier alpha value is -1.53. The van der Waals surface area contributed by atoms with Gasteiger partial charge in [-0.05, 0) is 37.5 Å². The molecule has 2 rings (SSSR count). The molecular weight excluding hydrogens is 212 g/mol. The van der Waals surface area contributed by atoms with Crippen molar-refractivity contribution in [3.05, 3.63) is 29.3 Å². The van der Waals surface area contributed by atoms with E-state index in [4.69, 9.17) is 15.7 Å². The Morgan fingerprint density at radius 3 is 2.76 bits per heavy atom. The Kier molecular flexibility index (Phi) is 3.35. The summed E-state index contributed by atoms with van der Waals surface area (Å²) < 4.78 is 5.75. The molecule has 0 amide bonds. The summed E-state index contributed by atoms with van der Waals surface area (Å²) in [6.45, 7) is 2.49. The fourth-order valence-electron chi connectivity index (χ4n) is 2.29. The van der Waals surface area contributed by atoms with Gasteiger partial charge in [-0.15, -0.1) is 0 Å². The molecule has 90 valence electrons. The maximum Gasteiger partial charge on any atom is 0.137 e. The fraction of sp³-hybridized carbons (Fsp3) is 0.500. The molecule has 1 aromatic rings. The highest BCUT2D eigenvalue weighted by atomic mass is 16.5. The Balaban J connectivity index is 2.08. The van der Waals surface area contributed by atoms with Crippen LogP contribution in [0.15, 0.2) is 18.2 Å². The van der Waals surface area contributed by atoms with E-state index in [0.29, 0.717) is 17.9 Å². The number of nitrogens with two attached hydrogens (primary N) is 1. The summed E-state index contributed by atoms with van der Waals surface area (Å²) in [5.74, 6) is 0.657. The minimum absolute atomic E-state index is 0.198. The van der Waals surface area contributed by atoms with E-state index < -0.39 is 0 Å². The first-order valence-electron chi connectivity index (χ1n) is 6.05. The number of nitriles is 1. The minimum Gasteiger partial charge on any atom is -0.490 e. The number of hydrogen-bond donors (Lipinski definition) is 1. The summed E-state index contributed by atoms with van der Waals surface area (Å²) in [7, 11) is 0. The first kappa shape index (κ1) is 11.9. The summed E-state index contributed by atoms with van der Waals surface area (Å²) in [6, 6.07) is 7.75. The average molecular weight is 230 g/mol. The standard InChI is InChI=1S/C14H18N2O/c1-11-4-5-12(9-15)13(8-11)17-10-14(16)6-2-3-7-14/h4-5,8H,2-3,6-7,10,16H2,1H3. The lowest BCUT2D eigenvalue weighted by Crippen LogP contribution is -2.42. The molecule has 0 heterocycles. The average Bonchev–Trinajstić information content (AvgIpc) is 2.74. The van der Waals surface area contributed by atoms with E-state index in [1.54, 1.807) is 6.07 Å². The van der Waals surface area contributed by atoms with Gasteiger partial charge in [-0.3, -0.25) is 0 Å². The summed E-state index contributed by atoms with van der Waals surface area (Å²) in [6.07, 6.45) is 4.39. The second-order valence-corrected chi connectivity index (χ2v) is 4.97. The molecule has 0 saturated heterocycles. The summed E-state index contributed by atoms with van der Waals surface area (Å²) in [4.78, 5) is 0. The zero-order valence-corrected chi connectivity index (χ0v) is 10.2. The summed E-state index contributed by atoms with van der Waals surface area (Å²) >= 11 is 0. The van der Waals surface area contributed by atoms with Crippen LogP contribution in [0.5, 0.6) is 5.75 Å². The van der Waals surface area contributed by atoms with E-state index in [9.17, 15) is 0 Å². The van der Waals surface area contributed by atoms with Crippen LogP contribution in [-0.2, 0) is 0 Å². The quantitative estimate of drug-likeness (QED) is 0.868. The van der Waals surface area contributed by atoms with Crippen molar-refractivity contribution in [2.24, 2.45) is 5.73 Å². The highest BCUT2D eigenvalue weighted by molar-refractivity contribution is 5.45. The third-order valence-electron chi connectivity index (χ3n) is 3.37. The monoisotopic (exact) mass is 230 g/mol. The van der Waals surface area contributed by atoms with Gasteiger partial charge in [0.25, 0.3) is 0 Å². The molecule has 0 atom stereocenters. The number of ether oxygens (including phenoxy) is 1. The SMILES string of the molecule is Cc1ccc(C#N)c(OCC2(N)CCCC2)c1. The number of benzene rings is 1. The molecular formula is C14H18N2O. The van der Waals surface area contributed by atoms with Gasteiger partial charge in [0.2, 0.25) is 0 Å². The van der Waals surface area contributed by atoms with Gasteiger partial charge < -0.3 is 10.5 Å². The van der Waals surface area contributed by atoms with E-state index in [1.165, 1.54) is 12.8 Å². The molecule has 1 aliphatic rings. The fourth-order valence-corrected chi connectivity index (χ4v) is 2.29. The van der Waals surface area contributed by atoms with Crippen LogP contribution in [0, 0.1) is 18.3 Å². The van der Waals surface area contributed by atoms with Crippen molar-refractivity contribution >= 4 is 0 Å². The second kappa shape index (κ2) is 4.77. The zero-order chi connectivity index (χ0) is 12.3. The van der Waals surface area contributed by atoms with Gasteiger partial charge in [-0.1, -0.05) is 18.9 Å². The van der Waals surface area contributed by atoms with Crippen molar-refractivity contribution in [1.82, 2.24) is 0 Å². The first-order chi connectivity index (χ1) is 8.13. The van der Waals surface area contributed by atoms with Gasteiger partial charge in [0.05, 0.1) is 11.1 Å². The van der Waals surface area contributed by atoms with Gasteiger partial charge in [0.1, 0.15) is 18.4 Å². The maximum absolute atomic E-state index is 9.00. The van der Waals surface area contributed by atoms with Crippen LogP contribution in [0.25, 0.3) is 0 Å². The van der Waals surface area contributed by atoms with Crippen LogP contribution >= 0.6 is 0 Å². The van der Waals surface area contributed by atoms with E-state index in [2.05, 4.69) is 6.07 Å². The maximum atomic E-state index is 9.00. The zero-order valence-electron chi connectivity index (χ0n) is 10.2. The molecule has 0 bridgehead atoms. The largest absolute Gasteiger partial charge is 0.490 e. The third-order valence-corrected chi connectivity index (χ3v) is 3.37. The molecule has 0 spiro atoms. The van der Waals surface area contributed by atoms with Crippen molar-refractivity contribution in [2.45, 2.75) is 38.1 Å². The Labute approximate surface area is 102 Å². The molecule has 1 saturated carbocycles. The van der Waals surface area contributed by atoms with Gasteiger partial charge >= 0.3 is 0 Å². The van der Waals surface area contributed by atoms with E-state index >= 15 is 0 Å². The molecule has 0 unspecified atom stereocenters. The van der Waals surface area contributed by atoms with Crippen LogP contribution in [-0.4, -0.2) is 12.1 Å². The lowest BCUT2D eigenvalue weighted by molar-refractivity contribution is 0.220. The van der Waals surface area contributed by atoms with Crippen LogP contribution in [0.2, 0.25) is 0 Å². The molecule has 0 radical (unpaired) electrons. The van der Waals surface area contributed by atoms with Crippen LogP contribution in [0.3, 0.4) is 0 Å². The topological polar surface area (TPSA) is 59.0 Å². The first-order valence-corrected chi connectivity index (χ1v) is 6.05. The van der Waals surface area contributed by atoms with Crippen LogP contribution in [0.4, 0.5) is 0 Å². The van der Waals surface area contributed by atoms with E-state index in [-0.39, 0.29) is 5.54 Å². The molecule has 1 aliphatic carbocycles. The molecule has 2 N–H and O–H groups in total. The van der Waals surface area contributed by atoms with Gasteiger partial charge in [0, 0.05) is 0 Å². The summed E-state index contributed by atoms with van der Waals surface area (Å²) in [5, 5.41) is 9.00. The van der Waals surface area contributed by atoms with Crippen molar-refractivity contribution in [1.29, 1.82) is 5.26 Å². The van der Waals surface area contributed by atoms with Crippen LogP contribution < -0.4 is 10.5 Å². The molecule has 0 aromatic heterocycles. The minimum atomic E-state index is -0.198. The molecule has 3 nitrogen and oxygen atoms in total. The predicted octanol–water partition coefficient (Wildman–Crippen LogP) is 2.52. The van der Waals surface area contributed by atoms with E-state index in [1.807, 2.05) is 19.1 Å². The molecule has 1 aromatic carbocycles. The normalized spacial score (nSPS) is 17.7. The van der Waals surface area contributed by atoms with Crippen molar-refractivity contribution < 1.29 is 4.74 Å². The third kappa shape index (κ3) is 2.78. The highest BCUT2D eigenvalue weighted by Gasteiger charge is 2.30. The summed E-state index contributed by atoms with van der Waals surface area (Å²) in [5.41, 5.74) is 7.71. The van der Waals surface area contributed by atoms with Crippen molar-refractivity contribution in [3.8, 4) is 11.8 Å². The molecule has 3 heteroatoms. The number of nitrogens with zero attached hydrogens (tertiary/aromatic N) is 1. The van der Waals surface area contributed by atoms with Crippen molar-refractivity contribution in [3.63, 3.8) is 0 Å². The lowest BCUT2D eigenvalue weighted by atomic mass is 10.0. The van der Waals surface area contributed by atoms with E-state index in [0.717, 1.165) is 18.4 Å². The molecule has 0 aliphatic heterocycles. The van der Waals surface area contributed by atoms with Crippen LogP contribution in [0.1, 0.15) is 36.8 Å². The van der Waals surface area contributed by atoms with Gasteiger partial charge in [-0.2, -0.15) is 5.26 Å². The number of hydrogen-bond acceptors (Lipinski definition) is 3. The highest BCUT2D eigenvalue weighted by Crippen LogP contribution is 2.29. The van der Waals surface area contributed by atoms with Crippen molar-refractivity contribution in [2.75, 3.05) is 6.61 Å². The van der Waals surface area contributed by atoms with Gasteiger partial charge in [0.15, 0.2) is 0 Å². The molecule has 1 fully saturated rings. The molecule has 17 heavy (non-hydrogen) atoms. The lowest BCUT2D eigenvalue weighted by Gasteiger charge is -2.23.